The standard InChI is InChI=1S/C17H21NO.C2H7N.CH2O/c1-5-17(3,4)14-7-9-15(10-8-14)19-16-11-6-13(2)12-18-16;1-3-2;1-2/h6-12H,5H2,1-4H3;3H,1-2H3;1H2. The highest BCUT2D eigenvalue weighted by atomic mass is 16.5. The average Bonchev–Trinajstić information content (AvgIpc) is 2.60. The van der Waals surface area contributed by atoms with Gasteiger partial charge in [0.15, 0.2) is 0 Å². The molecule has 1 N–H and O–H groups in total. The zero-order valence-corrected chi connectivity index (χ0v) is 15.7. The lowest BCUT2D eigenvalue weighted by atomic mass is 9.82. The first kappa shape index (κ1) is 21.8. The molecule has 0 aliphatic carbocycles. The van der Waals surface area contributed by atoms with Crippen LogP contribution in [0.3, 0.4) is 0 Å². The first-order chi connectivity index (χ1) is 11.4. The van der Waals surface area contributed by atoms with Crippen LogP contribution in [0, 0.1) is 6.92 Å². The number of hydrogen-bond donors (Lipinski definition) is 1. The number of aromatic nitrogens is 1. The van der Waals surface area contributed by atoms with Crippen molar-refractivity contribution < 1.29 is 9.53 Å². The second kappa shape index (κ2) is 11.4. The topological polar surface area (TPSA) is 51.2 Å². The molecule has 0 bridgehead atoms. The Morgan fingerprint density at radius 1 is 1.08 bits per heavy atom. The van der Waals surface area contributed by atoms with Crippen LogP contribution >= 0.6 is 0 Å². The molecule has 24 heavy (non-hydrogen) atoms. The smallest absolute Gasteiger partial charge is 0.219 e. The second-order valence-electron chi connectivity index (χ2n) is 6.04. The van der Waals surface area contributed by atoms with Crippen molar-refractivity contribution in [3.8, 4) is 11.6 Å². The normalized spacial score (nSPS) is 9.92. The van der Waals surface area contributed by atoms with Crippen molar-refractivity contribution in [2.24, 2.45) is 0 Å². The van der Waals surface area contributed by atoms with Crippen LogP contribution < -0.4 is 10.1 Å². The maximum absolute atomic E-state index is 8.00. The number of carbonyl (C=O) groups excluding carboxylic acids is 1. The first-order valence-electron chi connectivity index (χ1n) is 8.01. The largest absolute Gasteiger partial charge is 0.439 e. The Labute approximate surface area is 146 Å². The van der Waals surface area contributed by atoms with Crippen LogP contribution in [0.4, 0.5) is 0 Å². The van der Waals surface area contributed by atoms with Gasteiger partial charge in [-0.1, -0.05) is 39.0 Å². The maximum Gasteiger partial charge on any atom is 0.219 e. The molecule has 1 aromatic heterocycles. The summed E-state index contributed by atoms with van der Waals surface area (Å²) in [5, 5.41) is 2.75. The van der Waals surface area contributed by atoms with Gasteiger partial charge in [0.1, 0.15) is 12.5 Å². The fourth-order valence-electron chi connectivity index (χ4n) is 1.81. The summed E-state index contributed by atoms with van der Waals surface area (Å²) in [5.74, 6) is 1.46. The van der Waals surface area contributed by atoms with Crippen molar-refractivity contribution in [3.05, 3.63) is 53.7 Å². The van der Waals surface area contributed by atoms with Crippen molar-refractivity contribution in [1.82, 2.24) is 10.3 Å². The van der Waals surface area contributed by atoms with E-state index in [2.05, 4.69) is 43.2 Å². The summed E-state index contributed by atoms with van der Waals surface area (Å²) < 4.78 is 5.72. The molecule has 0 unspecified atom stereocenters. The molecule has 1 aromatic carbocycles. The maximum atomic E-state index is 8.00. The van der Waals surface area contributed by atoms with E-state index in [0.29, 0.717) is 5.88 Å². The lowest BCUT2D eigenvalue weighted by Gasteiger charge is -2.23. The molecule has 0 aliphatic rings. The van der Waals surface area contributed by atoms with Crippen molar-refractivity contribution in [2.75, 3.05) is 14.1 Å². The lowest BCUT2D eigenvalue weighted by Crippen LogP contribution is -2.14. The summed E-state index contributed by atoms with van der Waals surface area (Å²) >= 11 is 0. The van der Waals surface area contributed by atoms with E-state index in [1.807, 2.05) is 58.3 Å². The van der Waals surface area contributed by atoms with Gasteiger partial charge in [-0.25, -0.2) is 4.98 Å². The number of ether oxygens (including phenoxy) is 1. The molecule has 0 fully saturated rings. The van der Waals surface area contributed by atoms with E-state index in [0.717, 1.165) is 17.7 Å². The molecule has 4 nitrogen and oxygen atoms in total. The van der Waals surface area contributed by atoms with E-state index >= 15 is 0 Å². The van der Waals surface area contributed by atoms with Gasteiger partial charge in [0.25, 0.3) is 0 Å². The van der Waals surface area contributed by atoms with Crippen LogP contribution in [-0.4, -0.2) is 25.9 Å². The number of hydrogen-bond acceptors (Lipinski definition) is 4. The zero-order valence-electron chi connectivity index (χ0n) is 15.7. The Morgan fingerprint density at radius 3 is 2.04 bits per heavy atom. The third kappa shape index (κ3) is 7.38. The average molecular weight is 330 g/mol. The molecule has 0 saturated heterocycles. The van der Waals surface area contributed by atoms with Crippen molar-refractivity contribution in [1.29, 1.82) is 0 Å². The van der Waals surface area contributed by atoms with Gasteiger partial charge in [-0.05, 0) is 56.1 Å². The van der Waals surface area contributed by atoms with Gasteiger partial charge < -0.3 is 14.8 Å². The number of benzene rings is 1. The van der Waals surface area contributed by atoms with Gasteiger partial charge in [-0.3, -0.25) is 0 Å². The molecule has 0 atom stereocenters. The Hall–Kier alpha value is -2.20. The molecule has 2 aromatic rings. The van der Waals surface area contributed by atoms with Gasteiger partial charge in [-0.15, -0.1) is 0 Å². The zero-order chi connectivity index (χ0) is 18.6. The molecule has 0 radical (unpaired) electrons. The second-order valence-corrected chi connectivity index (χ2v) is 6.04. The molecule has 0 saturated carbocycles. The minimum Gasteiger partial charge on any atom is -0.439 e. The van der Waals surface area contributed by atoms with Crippen LogP contribution in [0.15, 0.2) is 42.6 Å². The molecule has 0 amide bonds. The molecule has 132 valence electrons. The quantitative estimate of drug-likeness (QED) is 0.895. The number of nitrogens with one attached hydrogen (secondary N) is 1. The van der Waals surface area contributed by atoms with Crippen LogP contribution in [0.2, 0.25) is 0 Å². The van der Waals surface area contributed by atoms with E-state index in [1.54, 1.807) is 0 Å². The minimum atomic E-state index is 0.209. The summed E-state index contributed by atoms with van der Waals surface area (Å²) in [5.41, 5.74) is 2.67. The number of nitrogens with zero attached hydrogens (tertiary/aromatic N) is 1. The molecule has 4 heteroatoms. The van der Waals surface area contributed by atoms with Crippen molar-refractivity contribution >= 4 is 6.79 Å². The molecular formula is C20H30N2O2. The summed E-state index contributed by atoms with van der Waals surface area (Å²) in [6.45, 7) is 10.7. The fourth-order valence-corrected chi connectivity index (χ4v) is 1.81. The van der Waals surface area contributed by atoms with E-state index in [-0.39, 0.29) is 5.41 Å². The first-order valence-corrected chi connectivity index (χ1v) is 8.01. The van der Waals surface area contributed by atoms with Gasteiger partial charge in [-0.2, -0.15) is 0 Å². The van der Waals surface area contributed by atoms with Crippen LogP contribution in [0.5, 0.6) is 11.6 Å². The van der Waals surface area contributed by atoms with Gasteiger partial charge in [0.05, 0.1) is 0 Å². The number of rotatable bonds is 4. The Kier molecular flexibility index (Phi) is 10.3. The molecular weight excluding hydrogens is 300 g/mol. The molecule has 0 spiro atoms. The monoisotopic (exact) mass is 330 g/mol. The van der Waals surface area contributed by atoms with Crippen molar-refractivity contribution in [3.63, 3.8) is 0 Å². The number of carbonyl (C=O) groups is 1. The predicted octanol–water partition coefficient (Wildman–Crippen LogP) is 4.52. The summed E-state index contributed by atoms with van der Waals surface area (Å²) in [6, 6.07) is 12.2. The minimum absolute atomic E-state index is 0.209. The van der Waals surface area contributed by atoms with Crippen LogP contribution in [0.1, 0.15) is 38.3 Å². The summed E-state index contributed by atoms with van der Waals surface area (Å²) in [4.78, 5) is 12.2. The SMILES string of the molecule is C=O.CCC(C)(C)c1ccc(Oc2ccc(C)cn2)cc1.CNC. The van der Waals surface area contributed by atoms with Crippen molar-refractivity contribution in [2.45, 2.75) is 39.5 Å². The predicted molar refractivity (Wildman–Crippen MR) is 101 cm³/mol. The van der Waals surface area contributed by atoms with Crippen LogP contribution in [-0.2, 0) is 10.2 Å². The van der Waals surface area contributed by atoms with E-state index < -0.39 is 0 Å². The van der Waals surface area contributed by atoms with Gasteiger partial charge in [0.2, 0.25) is 5.88 Å². The third-order valence-corrected chi connectivity index (χ3v) is 3.63. The third-order valence-electron chi connectivity index (χ3n) is 3.63. The Morgan fingerprint density at radius 2 is 1.62 bits per heavy atom. The van der Waals surface area contributed by atoms with E-state index in [9.17, 15) is 0 Å². The number of pyridine rings is 1. The summed E-state index contributed by atoms with van der Waals surface area (Å²) in [7, 11) is 3.75. The number of aryl methyl sites for hydroxylation is 1. The van der Waals surface area contributed by atoms with Crippen LogP contribution in [0.25, 0.3) is 0 Å². The highest BCUT2D eigenvalue weighted by Crippen LogP contribution is 2.29. The highest BCUT2D eigenvalue weighted by molar-refractivity contribution is 5.33. The summed E-state index contributed by atoms with van der Waals surface area (Å²) in [6.07, 6.45) is 2.93. The Bertz CT molecular complexity index is 563. The molecule has 2 rings (SSSR count). The van der Waals surface area contributed by atoms with E-state index in [4.69, 9.17) is 9.53 Å². The lowest BCUT2D eigenvalue weighted by molar-refractivity contribution is -0.0979. The fraction of sp³-hybridized carbons (Fsp3) is 0.400. The van der Waals surface area contributed by atoms with Gasteiger partial charge in [0, 0.05) is 12.3 Å². The highest BCUT2D eigenvalue weighted by Gasteiger charge is 2.17. The molecule has 1 heterocycles. The molecule has 0 aliphatic heterocycles. The Balaban J connectivity index is 0.000000952. The van der Waals surface area contributed by atoms with E-state index in [1.165, 1.54) is 5.56 Å². The van der Waals surface area contributed by atoms with Gasteiger partial charge >= 0.3 is 0 Å².